The van der Waals surface area contributed by atoms with Gasteiger partial charge in [0.2, 0.25) is 0 Å². The summed E-state index contributed by atoms with van der Waals surface area (Å²) in [5, 5.41) is 3.33. The molecule has 1 amide bonds. The molecule has 6 heteroatoms. The number of halogens is 1. The van der Waals surface area contributed by atoms with Gasteiger partial charge in [-0.1, -0.05) is 29.8 Å². The molecule has 0 heterocycles. The van der Waals surface area contributed by atoms with Crippen molar-refractivity contribution in [1.82, 2.24) is 5.32 Å². The fourth-order valence-electron chi connectivity index (χ4n) is 1.98. The predicted octanol–water partition coefficient (Wildman–Crippen LogP) is 2.88. The molecular weight excluding hydrogens is 328 g/mol. The number of rotatable bonds is 6. The van der Waals surface area contributed by atoms with Crippen molar-refractivity contribution in [2.24, 2.45) is 0 Å². The number of hydrogen-bond acceptors (Lipinski definition) is 4. The van der Waals surface area contributed by atoms with E-state index in [1.807, 2.05) is 37.2 Å². The van der Waals surface area contributed by atoms with Gasteiger partial charge in [0.1, 0.15) is 0 Å². The van der Waals surface area contributed by atoms with E-state index < -0.39 is 5.97 Å². The van der Waals surface area contributed by atoms with Crippen LogP contribution in [0.2, 0.25) is 5.02 Å². The van der Waals surface area contributed by atoms with E-state index in [1.165, 1.54) is 0 Å². The topological polar surface area (TPSA) is 58.6 Å². The Morgan fingerprint density at radius 1 is 1.12 bits per heavy atom. The lowest BCUT2D eigenvalue weighted by atomic mass is 10.2. The number of hydrogen-bond donors (Lipinski definition) is 1. The van der Waals surface area contributed by atoms with Crippen LogP contribution in [-0.2, 0) is 16.1 Å². The van der Waals surface area contributed by atoms with Crippen LogP contribution in [-0.4, -0.2) is 32.6 Å². The van der Waals surface area contributed by atoms with Crippen LogP contribution in [0.1, 0.15) is 15.9 Å². The van der Waals surface area contributed by atoms with Crippen molar-refractivity contribution in [1.29, 1.82) is 0 Å². The first-order valence-electron chi connectivity index (χ1n) is 7.41. The van der Waals surface area contributed by atoms with Crippen molar-refractivity contribution in [2.45, 2.75) is 6.54 Å². The summed E-state index contributed by atoms with van der Waals surface area (Å²) in [5.74, 6) is -0.887. The number of ether oxygens (including phenoxy) is 1. The smallest absolute Gasteiger partial charge is 0.338 e. The summed E-state index contributed by atoms with van der Waals surface area (Å²) in [6.45, 7) is 0.0300. The lowest BCUT2D eigenvalue weighted by Gasteiger charge is -2.13. The Bertz CT molecular complexity index is 714. The average molecular weight is 347 g/mol. The van der Waals surface area contributed by atoms with Crippen molar-refractivity contribution in [2.75, 3.05) is 25.6 Å². The summed E-state index contributed by atoms with van der Waals surface area (Å²) >= 11 is 5.80. The maximum atomic E-state index is 12.0. The zero-order valence-electron chi connectivity index (χ0n) is 13.6. The molecule has 5 nitrogen and oxygen atoms in total. The van der Waals surface area contributed by atoms with Gasteiger partial charge in [0.05, 0.1) is 5.56 Å². The van der Waals surface area contributed by atoms with Crippen LogP contribution >= 0.6 is 11.6 Å². The quantitative estimate of drug-likeness (QED) is 0.817. The van der Waals surface area contributed by atoms with Gasteiger partial charge in [0.15, 0.2) is 6.61 Å². The molecule has 0 fully saturated rings. The first kappa shape index (κ1) is 17.8. The normalized spacial score (nSPS) is 10.1. The van der Waals surface area contributed by atoms with Crippen molar-refractivity contribution < 1.29 is 14.3 Å². The molecule has 0 atom stereocenters. The zero-order valence-corrected chi connectivity index (χ0v) is 14.3. The maximum absolute atomic E-state index is 12.0. The molecule has 2 rings (SSSR count). The molecule has 0 radical (unpaired) electrons. The van der Waals surface area contributed by atoms with Gasteiger partial charge in [-0.15, -0.1) is 0 Å². The standard InChI is InChI=1S/C18H19ClN2O3/c1-21(2)16-5-3-4-14(10-16)18(23)24-12-17(22)20-11-13-6-8-15(19)9-7-13/h3-10H,11-12H2,1-2H3,(H,20,22). The molecule has 126 valence electrons. The summed E-state index contributed by atoms with van der Waals surface area (Å²) in [5.41, 5.74) is 2.21. The molecule has 24 heavy (non-hydrogen) atoms. The first-order chi connectivity index (χ1) is 11.5. The van der Waals surface area contributed by atoms with Crippen LogP contribution in [0.3, 0.4) is 0 Å². The third kappa shape index (κ3) is 5.28. The van der Waals surface area contributed by atoms with E-state index in [9.17, 15) is 9.59 Å². The lowest BCUT2D eigenvalue weighted by Crippen LogP contribution is -2.28. The second-order valence-corrected chi connectivity index (χ2v) is 5.86. The summed E-state index contributed by atoms with van der Waals surface area (Å²) in [4.78, 5) is 25.7. The number of nitrogens with one attached hydrogen (secondary N) is 1. The Morgan fingerprint density at radius 3 is 2.50 bits per heavy atom. The minimum absolute atomic E-state index is 0.321. The molecule has 0 aromatic heterocycles. The molecule has 2 aromatic rings. The van der Waals surface area contributed by atoms with E-state index in [1.54, 1.807) is 30.3 Å². The Morgan fingerprint density at radius 2 is 1.83 bits per heavy atom. The molecule has 0 saturated heterocycles. The van der Waals surface area contributed by atoms with Gasteiger partial charge in [-0.25, -0.2) is 4.79 Å². The second-order valence-electron chi connectivity index (χ2n) is 5.42. The van der Waals surface area contributed by atoms with Gasteiger partial charge < -0.3 is 15.0 Å². The fraction of sp³-hybridized carbons (Fsp3) is 0.222. The number of anilines is 1. The minimum Gasteiger partial charge on any atom is -0.452 e. The van der Waals surface area contributed by atoms with Crippen molar-refractivity contribution >= 4 is 29.2 Å². The van der Waals surface area contributed by atoms with Gasteiger partial charge in [-0.05, 0) is 35.9 Å². The number of benzene rings is 2. The number of carbonyl (C=O) groups is 2. The summed E-state index contributed by atoms with van der Waals surface area (Å²) in [6.07, 6.45) is 0. The third-order valence-electron chi connectivity index (χ3n) is 3.34. The number of esters is 1. The van der Waals surface area contributed by atoms with Gasteiger partial charge in [0, 0.05) is 31.4 Å². The van der Waals surface area contributed by atoms with Crippen LogP contribution in [0, 0.1) is 0 Å². The Hall–Kier alpha value is -2.53. The molecule has 0 bridgehead atoms. The molecule has 0 aliphatic heterocycles. The largest absolute Gasteiger partial charge is 0.452 e. The first-order valence-corrected chi connectivity index (χ1v) is 7.79. The van der Waals surface area contributed by atoms with Gasteiger partial charge >= 0.3 is 5.97 Å². The van der Waals surface area contributed by atoms with E-state index in [0.29, 0.717) is 17.1 Å². The Balaban J connectivity index is 1.81. The molecule has 0 unspecified atom stereocenters. The molecule has 0 aliphatic carbocycles. The lowest BCUT2D eigenvalue weighted by molar-refractivity contribution is -0.124. The van der Waals surface area contributed by atoms with Gasteiger partial charge in [-0.2, -0.15) is 0 Å². The predicted molar refractivity (Wildman–Crippen MR) is 94.4 cm³/mol. The highest BCUT2D eigenvalue weighted by Crippen LogP contribution is 2.14. The van der Waals surface area contributed by atoms with Crippen LogP contribution in [0.4, 0.5) is 5.69 Å². The molecule has 1 N–H and O–H groups in total. The third-order valence-corrected chi connectivity index (χ3v) is 3.59. The molecule has 0 spiro atoms. The summed E-state index contributed by atoms with van der Waals surface area (Å²) < 4.78 is 5.04. The van der Waals surface area contributed by atoms with E-state index in [2.05, 4.69) is 5.32 Å². The summed E-state index contributed by atoms with van der Waals surface area (Å²) in [7, 11) is 3.77. The molecule has 2 aromatic carbocycles. The number of amides is 1. The van der Waals surface area contributed by atoms with Gasteiger partial charge in [0.25, 0.3) is 5.91 Å². The Labute approximate surface area is 146 Å². The minimum atomic E-state index is -0.527. The van der Waals surface area contributed by atoms with Crippen LogP contribution in [0.15, 0.2) is 48.5 Å². The van der Waals surface area contributed by atoms with Gasteiger partial charge in [-0.3, -0.25) is 4.79 Å². The zero-order chi connectivity index (χ0) is 17.5. The second kappa shape index (κ2) is 8.36. The average Bonchev–Trinajstić information content (AvgIpc) is 2.59. The van der Waals surface area contributed by atoms with Crippen molar-refractivity contribution in [3.05, 3.63) is 64.7 Å². The van der Waals surface area contributed by atoms with E-state index in [-0.39, 0.29) is 12.5 Å². The number of carbonyl (C=O) groups excluding carboxylic acids is 2. The van der Waals surface area contributed by atoms with E-state index in [4.69, 9.17) is 16.3 Å². The monoisotopic (exact) mass is 346 g/mol. The van der Waals surface area contributed by atoms with E-state index in [0.717, 1.165) is 11.3 Å². The summed E-state index contributed by atoms with van der Waals surface area (Å²) in [6, 6.07) is 14.2. The van der Waals surface area contributed by atoms with Crippen molar-refractivity contribution in [3.8, 4) is 0 Å². The van der Waals surface area contributed by atoms with Crippen LogP contribution < -0.4 is 10.2 Å². The fourth-order valence-corrected chi connectivity index (χ4v) is 2.11. The highest BCUT2D eigenvalue weighted by Gasteiger charge is 2.11. The maximum Gasteiger partial charge on any atom is 0.338 e. The highest BCUT2D eigenvalue weighted by molar-refractivity contribution is 6.30. The van der Waals surface area contributed by atoms with Crippen LogP contribution in [0.5, 0.6) is 0 Å². The van der Waals surface area contributed by atoms with E-state index >= 15 is 0 Å². The molecule has 0 saturated carbocycles. The Kier molecular flexibility index (Phi) is 6.21. The number of nitrogens with zero attached hydrogens (tertiary/aromatic N) is 1. The molecule has 0 aliphatic rings. The van der Waals surface area contributed by atoms with Crippen LogP contribution in [0.25, 0.3) is 0 Å². The highest BCUT2D eigenvalue weighted by atomic mass is 35.5. The molecular formula is C18H19ClN2O3. The SMILES string of the molecule is CN(C)c1cccc(C(=O)OCC(=O)NCc2ccc(Cl)cc2)c1. The van der Waals surface area contributed by atoms with Crippen molar-refractivity contribution in [3.63, 3.8) is 0 Å².